The van der Waals surface area contributed by atoms with E-state index in [1.807, 2.05) is 0 Å². The van der Waals surface area contributed by atoms with Crippen LogP contribution in [-0.4, -0.2) is 11.9 Å². The van der Waals surface area contributed by atoms with Crippen molar-refractivity contribution in [3.63, 3.8) is 0 Å². The number of hydrogen-bond donors (Lipinski definition) is 2. The quantitative estimate of drug-likeness (QED) is 0.807. The van der Waals surface area contributed by atoms with Crippen LogP contribution in [0.5, 0.6) is 0 Å². The van der Waals surface area contributed by atoms with Crippen LogP contribution >= 0.6 is 11.6 Å². The Balaban J connectivity index is 1.71. The van der Waals surface area contributed by atoms with E-state index in [4.69, 9.17) is 17.3 Å². The third-order valence-electron chi connectivity index (χ3n) is 4.31. The van der Waals surface area contributed by atoms with Crippen molar-refractivity contribution >= 4 is 23.2 Å². The summed E-state index contributed by atoms with van der Waals surface area (Å²) in [5.74, 6) is 1.43. The van der Waals surface area contributed by atoms with Crippen LogP contribution in [0.2, 0.25) is 5.02 Å². The van der Waals surface area contributed by atoms with Crippen LogP contribution in [0.4, 0.5) is 5.69 Å². The van der Waals surface area contributed by atoms with Crippen molar-refractivity contribution in [3.8, 4) is 0 Å². The number of carbonyl (C=O) groups excluding carboxylic acids is 1. The van der Waals surface area contributed by atoms with E-state index in [0.29, 0.717) is 28.2 Å². The largest absolute Gasteiger partial charge is 0.398 e. The van der Waals surface area contributed by atoms with Crippen LogP contribution in [0, 0.1) is 11.8 Å². The Morgan fingerprint density at radius 3 is 2.78 bits per heavy atom. The number of benzene rings is 1. The molecule has 2 bridgehead atoms. The molecule has 1 amide bonds. The van der Waals surface area contributed by atoms with E-state index in [-0.39, 0.29) is 5.91 Å². The van der Waals surface area contributed by atoms with Gasteiger partial charge in [0.1, 0.15) is 0 Å². The lowest BCUT2D eigenvalue weighted by atomic mass is 9.95. The Labute approximate surface area is 112 Å². The van der Waals surface area contributed by atoms with E-state index in [1.54, 1.807) is 18.2 Å². The van der Waals surface area contributed by atoms with Crippen LogP contribution in [0.15, 0.2) is 18.2 Å². The van der Waals surface area contributed by atoms with Crippen molar-refractivity contribution in [2.24, 2.45) is 11.8 Å². The number of nitrogen functional groups attached to an aromatic ring is 1. The molecule has 2 fully saturated rings. The fraction of sp³-hybridized carbons (Fsp3) is 0.500. The minimum Gasteiger partial charge on any atom is -0.398 e. The van der Waals surface area contributed by atoms with Gasteiger partial charge in [-0.25, -0.2) is 0 Å². The van der Waals surface area contributed by atoms with Gasteiger partial charge in [0, 0.05) is 16.8 Å². The zero-order valence-electron chi connectivity index (χ0n) is 10.2. The number of hydrogen-bond acceptors (Lipinski definition) is 2. The van der Waals surface area contributed by atoms with Crippen LogP contribution < -0.4 is 11.1 Å². The van der Waals surface area contributed by atoms with Gasteiger partial charge in [0.25, 0.3) is 5.91 Å². The lowest BCUT2D eigenvalue weighted by Gasteiger charge is -2.23. The number of anilines is 1. The predicted molar refractivity (Wildman–Crippen MR) is 72.6 cm³/mol. The number of nitrogens with one attached hydrogen (secondary N) is 1. The van der Waals surface area contributed by atoms with Crippen molar-refractivity contribution < 1.29 is 4.79 Å². The smallest absolute Gasteiger partial charge is 0.253 e. The molecule has 4 heteroatoms. The van der Waals surface area contributed by atoms with E-state index in [0.717, 1.165) is 12.3 Å². The molecule has 3 atom stereocenters. The molecule has 1 aromatic carbocycles. The summed E-state index contributed by atoms with van der Waals surface area (Å²) in [5.41, 5.74) is 6.80. The van der Waals surface area contributed by atoms with Gasteiger partial charge >= 0.3 is 0 Å². The number of fused-ring (bicyclic) bond motifs is 2. The molecule has 0 spiro atoms. The number of rotatable bonds is 2. The highest BCUT2D eigenvalue weighted by Crippen LogP contribution is 2.44. The molecular formula is C14H17ClN2O. The van der Waals surface area contributed by atoms with Crippen LogP contribution in [-0.2, 0) is 0 Å². The number of amides is 1. The summed E-state index contributed by atoms with van der Waals surface area (Å²) in [4.78, 5) is 12.2. The summed E-state index contributed by atoms with van der Waals surface area (Å²) >= 11 is 5.83. The molecule has 0 radical (unpaired) electrons. The van der Waals surface area contributed by atoms with E-state index >= 15 is 0 Å². The molecule has 1 aromatic rings. The summed E-state index contributed by atoms with van der Waals surface area (Å²) in [6.07, 6.45) is 5.00. The van der Waals surface area contributed by atoms with E-state index in [9.17, 15) is 4.79 Å². The molecule has 18 heavy (non-hydrogen) atoms. The lowest BCUT2D eigenvalue weighted by molar-refractivity contribution is 0.0924. The molecule has 0 heterocycles. The van der Waals surface area contributed by atoms with Gasteiger partial charge in [-0.2, -0.15) is 0 Å². The van der Waals surface area contributed by atoms with E-state index < -0.39 is 0 Å². The molecule has 96 valence electrons. The Morgan fingerprint density at radius 2 is 2.17 bits per heavy atom. The predicted octanol–water partition coefficient (Wildman–Crippen LogP) is 2.84. The van der Waals surface area contributed by atoms with Gasteiger partial charge in [0.2, 0.25) is 0 Å². The molecule has 3 nitrogen and oxygen atoms in total. The monoisotopic (exact) mass is 264 g/mol. The maximum absolute atomic E-state index is 12.2. The first-order valence-electron chi connectivity index (χ1n) is 6.49. The molecule has 0 aliphatic heterocycles. The maximum Gasteiger partial charge on any atom is 0.253 e. The highest BCUT2D eigenvalue weighted by molar-refractivity contribution is 6.31. The van der Waals surface area contributed by atoms with Crippen LogP contribution in [0.1, 0.15) is 36.0 Å². The van der Waals surface area contributed by atoms with E-state index in [2.05, 4.69) is 5.32 Å². The standard InChI is InChI=1S/C14H17ClN2O/c15-10-3-4-11(12(16)7-10)14(18)17-13-6-8-1-2-9(13)5-8/h3-4,7-9,13H,1-2,5-6,16H2,(H,17,18). The molecular weight excluding hydrogens is 248 g/mol. The fourth-order valence-electron chi connectivity index (χ4n) is 3.41. The van der Waals surface area contributed by atoms with Crippen LogP contribution in [0.25, 0.3) is 0 Å². The second kappa shape index (κ2) is 4.47. The summed E-state index contributed by atoms with van der Waals surface area (Å²) in [6, 6.07) is 5.36. The maximum atomic E-state index is 12.2. The summed E-state index contributed by atoms with van der Waals surface area (Å²) in [7, 11) is 0. The van der Waals surface area contributed by atoms with Crippen molar-refractivity contribution in [1.82, 2.24) is 5.32 Å². The summed E-state index contributed by atoms with van der Waals surface area (Å²) < 4.78 is 0. The molecule has 2 saturated carbocycles. The van der Waals surface area contributed by atoms with Crippen LogP contribution in [0.3, 0.4) is 0 Å². The van der Waals surface area contributed by atoms with Gasteiger partial charge in [0.15, 0.2) is 0 Å². The molecule has 2 aliphatic carbocycles. The number of halogens is 1. The molecule has 0 aromatic heterocycles. The topological polar surface area (TPSA) is 55.1 Å². The Kier molecular flexibility index (Phi) is 2.94. The minimum atomic E-state index is -0.0679. The normalized spacial score (nSPS) is 29.5. The van der Waals surface area contributed by atoms with Gasteiger partial charge in [0.05, 0.1) is 5.56 Å². The van der Waals surface area contributed by atoms with Gasteiger partial charge in [-0.15, -0.1) is 0 Å². The second-order valence-corrected chi connectivity index (χ2v) is 5.92. The third kappa shape index (κ3) is 2.07. The Hall–Kier alpha value is -1.22. The van der Waals surface area contributed by atoms with Gasteiger partial charge in [-0.3, -0.25) is 4.79 Å². The zero-order chi connectivity index (χ0) is 12.7. The first kappa shape index (κ1) is 11.8. The second-order valence-electron chi connectivity index (χ2n) is 5.49. The molecule has 3 unspecified atom stereocenters. The SMILES string of the molecule is Nc1cc(Cl)ccc1C(=O)NC1CC2CCC1C2. The highest BCUT2D eigenvalue weighted by atomic mass is 35.5. The first-order chi connectivity index (χ1) is 8.63. The zero-order valence-corrected chi connectivity index (χ0v) is 10.9. The van der Waals surface area contributed by atoms with Gasteiger partial charge in [-0.05, 0) is 49.3 Å². The number of carbonyl (C=O) groups is 1. The average Bonchev–Trinajstić information content (AvgIpc) is 2.90. The van der Waals surface area contributed by atoms with Gasteiger partial charge < -0.3 is 11.1 Å². The molecule has 3 N–H and O–H groups in total. The number of nitrogens with two attached hydrogens (primary N) is 1. The van der Waals surface area contributed by atoms with Crippen molar-refractivity contribution in [1.29, 1.82) is 0 Å². The third-order valence-corrected chi connectivity index (χ3v) is 4.55. The molecule has 2 aliphatic rings. The highest BCUT2D eigenvalue weighted by Gasteiger charge is 2.40. The van der Waals surface area contributed by atoms with Crippen molar-refractivity contribution in [2.45, 2.75) is 31.7 Å². The van der Waals surface area contributed by atoms with E-state index in [1.165, 1.54) is 19.3 Å². The average molecular weight is 265 g/mol. The van der Waals surface area contributed by atoms with Crippen molar-refractivity contribution in [2.75, 3.05) is 5.73 Å². The molecule has 3 rings (SSSR count). The fourth-order valence-corrected chi connectivity index (χ4v) is 3.59. The van der Waals surface area contributed by atoms with Gasteiger partial charge in [-0.1, -0.05) is 18.0 Å². The minimum absolute atomic E-state index is 0.0679. The molecule has 0 saturated heterocycles. The summed E-state index contributed by atoms with van der Waals surface area (Å²) in [5, 5.41) is 3.68. The lowest BCUT2D eigenvalue weighted by Crippen LogP contribution is -2.38. The Bertz CT molecular complexity index is 489. The summed E-state index contributed by atoms with van der Waals surface area (Å²) in [6.45, 7) is 0. The Morgan fingerprint density at radius 1 is 1.33 bits per heavy atom. The first-order valence-corrected chi connectivity index (χ1v) is 6.87. The van der Waals surface area contributed by atoms with Crippen molar-refractivity contribution in [3.05, 3.63) is 28.8 Å².